The van der Waals surface area contributed by atoms with Gasteiger partial charge in [0.1, 0.15) is 12.0 Å². The van der Waals surface area contributed by atoms with Gasteiger partial charge in [-0.2, -0.15) is 5.10 Å². The highest BCUT2D eigenvalue weighted by molar-refractivity contribution is 5.89. The summed E-state index contributed by atoms with van der Waals surface area (Å²) in [4.78, 5) is 22.9. The van der Waals surface area contributed by atoms with Gasteiger partial charge in [0.2, 0.25) is 0 Å². The lowest BCUT2D eigenvalue weighted by Crippen LogP contribution is -2.21. The zero-order valence-corrected chi connectivity index (χ0v) is 15.2. The van der Waals surface area contributed by atoms with E-state index in [1.165, 1.54) is 19.2 Å². The average Bonchev–Trinajstić information content (AvgIpc) is 3.42. The smallest absolute Gasteiger partial charge is 0.305 e. The standard InChI is InChI=1S/C17H19N5O2.C2H6/c23-15(24)7-14(11-3-1-2-4-11)22-9-12(8-21-22)16-13-5-6-18-17(13)20-10-19-16;1-2/h5-6,8-11,14H,1-4,7H2,(H,23,24)(H,18,19,20);1-2H3. The number of H-pyrrole nitrogens is 1. The molecular formula is C19H25N5O2. The Morgan fingerprint density at radius 3 is 2.85 bits per heavy atom. The third-order valence-corrected chi connectivity index (χ3v) is 4.90. The van der Waals surface area contributed by atoms with Gasteiger partial charge in [0.05, 0.1) is 24.4 Å². The van der Waals surface area contributed by atoms with Crippen LogP contribution in [0.3, 0.4) is 0 Å². The van der Waals surface area contributed by atoms with Crippen LogP contribution in [0.5, 0.6) is 0 Å². The van der Waals surface area contributed by atoms with Crippen molar-refractivity contribution in [2.24, 2.45) is 5.92 Å². The summed E-state index contributed by atoms with van der Waals surface area (Å²) in [6.07, 6.45) is 11.6. The van der Waals surface area contributed by atoms with Crippen LogP contribution in [0, 0.1) is 5.92 Å². The fraction of sp³-hybridized carbons (Fsp3) is 0.474. The number of aromatic amines is 1. The number of carbonyl (C=O) groups is 1. The molecule has 4 rings (SSSR count). The topological polar surface area (TPSA) is 96.7 Å². The van der Waals surface area contributed by atoms with Gasteiger partial charge in [-0.05, 0) is 24.8 Å². The van der Waals surface area contributed by atoms with Crippen LogP contribution < -0.4 is 0 Å². The van der Waals surface area contributed by atoms with Crippen LogP contribution in [0.4, 0.5) is 0 Å². The number of rotatable bonds is 5. The van der Waals surface area contributed by atoms with E-state index in [2.05, 4.69) is 20.1 Å². The molecule has 1 aliphatic rings. The summed E-state index contributed by atoms with van der Waals surface area (Å²) in [5.74, 6) is -0.398. The van der Waals surface area contributed by atoms with Crippen LogP contribution in [0.15, 0.2) is 31.0 Å². The fourth-order valence-electron chi connectivity index (χ4n) is 3.74. The molecule has 0 saturated heterocycles. The molecule has 0 amide bonds. The van der Waals surface area contributed by atoms with E-state index in [1.807, 2.05) is 37.0 Å². The van der Waals surface area contributed by atoms with E-state index in [0.717, 1.165) is 35.1 Å². The number of aliphatic carboxylic acids is 1. The molecule has 0 radical (unpaired) electrons. The number of nitrogens with one attached hydrogen (secondary N) is 1. The van der Waals surface area contributed by atoms with Crippen molar-refractivity contribution in [1.29, 1.82) is 0 Å². The van der Waals surface area contributed by atoms with Crippen molar-refractivity contribution in [2.75, 3.05) is 0 Å². The minimum Gasteiger partial charge on any atom is -0.481 e. The van der Waals surface area contributed by atoms with Crippen LogP contribution in [-0.2, 0) is 4.79 Å². The van der Waals surface area contributed by atoms with Crippen LogP contribution in [0.2, 0.25) is 0 Å². The predicted octanol–water partition coefficient (Wildman–Crippen LogP) is 4.05. The molecule has 7 nitrogen and oxygen atoms in total. The van der Waals surface area contributed by atoms with Crippen molar-refractivity contribution in [3.63, 3.8) is 0 Å². The van der Waals surface area contributed by atoms with Gasteiger partial charge < -0.3 is 10.1 Å². The molecule has 1 aliphatic carbocycles. The van der Waals surface area contributed by atoms with Gasteiger partial charge in [-0.1, -0.05) is 26.7 Å². The highest BCUT2D eigenvalue weighted by Gasteiger charge is 2.29. The highest BCUT2D eigenvalue weighted by atomic mass is 16.4. The molecule has 2 N–H and O–H groups in total. The van der Waals surface area contributed by atoms with Gasteiger partial charge in [0, 0.05) is 23.3 Å². The molecule has 1 atom stereocenters. The number of fused-ring (bicyclic) bond motifs is 1. The average molecular weight is 355 g/mol. The monoisotopic (exact) mass is 355 g/mol. The first-order valence-corrected chi connectivity index (χ1v) is 9.27. The summed E-state index contributed by atoms with van der Waals surface area (Å²) in [7, 11) is 0. The molecule has 3 heterocycles. The van der Waals surface area contributed by atoms with Crippen molar-refractivity contribution in [3.05, 3.63) is 31.0 Å². The number of hydrogen-bond acceptors (Lipinski definition) is 4. The fourth-order valence-corrected chi connectivity index (χ4v) is 3.74. The first kappa shape index (κ1) is 18.1. The van der Waals surface area contributed by atoms with Crippen LogP contribution in [-0.4, -0.2) is 35.8 Å². The van der Waals surface area contributed by atoms with E-state index in [4.69, 9.17) is 0 Å². The number of aromatic nitrogens is 5. The first-order chi connectivity index (χ1) is 12.7. The number of carboxylic acid groups (broad SMARTS) is 1. The second-order valence-corrected chi connectivity index (χ2v) is 6.38. The maximum atomic E-state index is 11.3. The summed E-state index contributed by atoms with van der Waals surface area (Å²) in [6.45, 7) is 4.00. The van der Waals surface area contributed by atoms with Gasteiger partial charge in [-0.3, -0.25) is 9.48 Å². The normalized spacial score (nSPS) is 15.6. The molecule has 1 saturated carbocycles. The van der Waals surface area contributed by atoms with Crippen LogP contribution in [0.25, 0.3) is 22.3 Å². The number of carboxylic acids is 1. The lowest BCUT2D eigenvalue weighted by atomic mass is 9.95. The molecule has 3 aromatic heterocycles. The van der Waals surface area contributed by atoms with Crippen molar-refractivity contribution >= 4 is 17.0 Å². The molecule has 3 aromatic rings. The summed E-state index contributed by atoms with van der Waals surface area (Å²) in [5, 5.41) is 14.7. The Bertz CT molecular complexity index is 864. The second-order valence-electron chi connectivity index (χ2n) is 6.38. The molecule has 1 fully saturated rings. The minimum atomic E-state index is -0.779. The Hall–Kier alpha value is -2.70. The third-order valence-electron chi connectivity index (χ3n) is 4.90. The molecule has 7 heteroatoms. The lowest BCUT2D eigenvalue weighted by Gasteiger charge is -2.22. The zero-order chi connectivity index (χ0) is 18.5. The highest BCUT2D eigenvalue weighted by Crippen LogP contribution is 2.36. The Balaban J connectivity index is 0.000000948. The molecule has 0 aromatic carbocycles. The Kier molecular flexibility index (Phi) is 5.65. The van der Waals surface area contributed by atoms with Gasteiger partial charge in [0.25, 0.3) is 0 Å². The van der Waals surface area contributed by atoms with E-state index in [1.54, 1.807) is 6.20 Å². The van der Waals surface area contributed by atoms with Crippen molar-refractivity contribution < 1.29 is 9.90 Å². The van der Waals surface area contributed by atoms with Crippen molar-refractivity contribution in [3.8, 4) is 11.3 Å². The summed E-state index contributed by atoms with van der Waals surface area (Å²) in [6, 6.07) is 1.84. The summed E-state index contributed by atoms with van der Waals surface area (Å²) >= 11 is 0. The predicted molar refractivity (Wildman–Crippen MR) is 99.7 cm³/mol. The Morgan fingerprint density at radius 2 is 2.12 bits per heavy atom. The third kappa shape index (κ3) is 3.61. The molecule has 1 unspecified atom stereocenters. The van der Waals surface area contributed by atoms with Gasteiger partial charge in [-0.25, -0.2) is 9.97 Å². The molecule has 0 spiro atoms. The first-order valence-electron chi connectivity index (χ1n) is 9.27. The number of hydrogen-bond donors (Lipinski definition) is 2. The van der Waals surface area contributed by atoms with Crippen LogP contribution >= 0.6 is 0 Å². The largest absolute Gasteiger partial charge is 0.481 e. The molecule has 138 valence electrons. The van der Waals surface area contributed by atoms with Gasteiger partial charge >= 0.3 is 5.97 Å². The molecule has 0 aliphatic heterocycles. The zero-order valence-electron chi connectivity index (χ0n) is 15.2. The van der Waals surface area contributed by atoms with E-state index >= 15 is 0 Å². The number of nitrogens with zero attached hydrogens (tertiary/aromatic N) is 4. The van der Waals surface area contributed by atoms with E-state index in [0.29, 0.717) is 5.92 Å². The molecule has 0 bridgehead atoms. The molecular weight excluding hydrogens is 330 g/mol. The van der Waals surface area contributed by atoms with E-state index in [9.17, 15) is 9.90 Å². The summed E-state index contributed by atoms with van der Waals surface area (Å²) < 4.78 is 1.82. The van der Waals surface area contributed by atoms with E-state index in [-0.39, 0.29) is 12.5 Å². The Labute approximate surface area is 152 Å². The van der Waals surface area contributed by atoms with Crippen molar-refractivity contribution in [1.82, 2.24) is 24.7 Å². The lowest BCUT2D eigenvalue weighted by molar-refractivity contribution is -0.138. The Morgan fingerprint density at radius 1 is 1.35 bits per heavy atom. The van der Waals surface area contributed by atoms with Gasteiger partial charge in [0.15, 0.2) is 0 Å². The maximum absolute atomic E-state index is 11.3. The van der Waals surface area contributed by atoms with Crippen LogP contribution in [0.1, 0.15) is 52.0 Å². The van der Waals surface area contributed by atoms with Gasteiger partial charge in [-0.15, -0.1) is 0 Å². The maximum Gasteiger partial charge on any atom is 0.305 e. The molecule has 26 heavy (non-hydrogen) atoms. The minimum absolute atomic E-state index is 0.0951. The second kappa shape index (κ2) is 8.12. The van der Waals surface area contributed by atoms with Crippen molar-refractivity contribution in [2.45, 2.75) is 52.0 Å². The quantitative estimate of drug-likeness (QED) is 0.719. The summed E-state index contributed by atoms with van der Waals surface area (Å²) in [5.41, 5.74) is 2.48. The SMILES string of the molecule is CC.O=C(O)CC(C1CCCC1)n1cc(-c2ncnc3[nH]ccc23)cn1. The van der Waals surface area contributed by atoms with E-state index < -0.39 is 5.97 Å².